The molecule has 3 heterocycles. The topological polar surface area (TPSA) is 58.1 Å². The first-order valence-electron chi connectivity index (χ1n) is 8.84. The monoisotopic (exact) mass is 362 g/mol. The zero-order valence-corrected chi connectivity index (χ0v) is 14.7. The fourth-order valence-corrected chi connectivity index (χ4v) is 3.32. The molecule has 0 bridgehead atoms. The molecule has 3 aromatic rings. The predicted octanol–water partition coefficient (Wildman–Crippen LogP) is 3.07. The van der Waals surface area contributed by atoms with Crippen molar-refractivity contribution < 1.29 is 9.18 Å². The highest BCUT2D eigenvalue weighted by molar-refractivity contribution is 5.95. The molecule has 0 aliphatic carbocycles. The Bertz CT molecular complexity index is 948. The van der Waals surface area contributed by atoms with Crippen molar-refractivity contribution in [2.24, 2.45) is 0 Å². The lowest BCUT2D eigenvalue weighted by Gasteiger charge is -2.34. The van der Waals surface area contributed by atoms with E-state index in [2.05, 4.69) is 15.3 Å². The molecule has 5 nitrogen and oxygen atoms in total. The first kappa shape index (κ1) is 17.3. The third-order valence-corrected chi connectivity index (χ3v) is 4.71. The van der Waals surface area contributed by atoms with E-state index in [0.717, 1.165) is 17.7 Å². The number of amides is 1. The molecular formula is C21H19FN4O. The number of hydrogen-bond donors (Lipinski definition) is 1. The van der Waals surface area contributed by atoms with Gasteiger partial charge >= 0.3 is 0 Å². The largest absolute Gasteiger partial charge is 0.335 e. The van der Waals surface area contributed by atoms with Gasteiger partial charge in [0.15, 0.2) is 0 Å². The van der Waals surface area contributed by atoms with Crippen LogP contribution in [0.15, 0.2) is 67.3 Å². The molecule has 6 heteroatoms. The summed E-state index contributed by atoms with van der Waals surface area (Å²) in [5.41, 5.74) is 3.04. The minimum atomic E-state index is -0.313. The van der Waals surface area contributed by atoms with Crippen molar-refractivity contribution >= 4 is 5.91 Å². The predicted molar refractivity (Wildman–Crippen MR) is 101 cm³/mol. The molecule has 1 unspecified atom stereocenters. The highest BCUT2D eigenvalue weighted by Gasteiger charge is 2.25. The third-order valence-electron chi connectivity index (χ3n) is 4.71. The number of carbonyl (C=O) groups excluding carboxylic acids is 1. The molecular weight excluding hydrogens is 343 g/mol. The number of hydrogen-bond acceptors (Lipinski definition) is 4. The molecule has 1 amide bonds. The van der Waals surface area contributed by atoms with E-state index in [1.165, 1.54) is 12.1 Å². The van der Waals surface area contributed by atoms with E-state index < -0.39 is 0 Å². The maximum Gasteiger partial charge on any atom is 0.255 e. The normalized spacial score (nSPS) is 16.9. The number of nitrogens with zero attached hydrogens (tertiary/aromatic N) is 3. The van der Waals surface area contributed by atoms with Crippen molar-refractivity contribution in [3.8, 4) is 11.1 Å². The summed E-state index contributed by atoms with van der Waals surface area (Å²) in [7, 11) is 0. The SMILES string of the molecule is O=C(c1cncc(-c2cccc(F)c2)c1)N1CCNC(c2ccncc2)C1. The van der Waals surface area contributed by atoms with Crippen LogP contribution in [0.4, 0.5) is 4.39 Å². The van der Waals surface area contributed by atoms with E-state index in [9.17, 15) is 9.18 Å². The summed E-state index contributed by atoms with van der Waals surface area (Å²) in [4.78, 5) is 23.1. The number of carbonyl (C=O) groups is 1. The average Bonchev–Trinajstić information content (AvgIpc) is 2.74. The summed E-state index contributed by atoms with van der Waals surface area (Å²) in [6, 6.07) is 12.0. The molecule has 1 saturated heterocycles. The van der Waals surface area contributed by atoms with Gasteiger partial charge in [0.05, 0.1) is 11.6 Å². The molecule has 1 N–H and O–H groups in total. The molecule has 1 aromatic carbocycles. The quantitative estimate of drug-likeness (QED) is 0.778. The second kappa shape index (κ2) is 7.63. The molecule has 1 aliphatic rings. The van der Waals surface area contributed by atoms with Crippen LogP contribution in [0.3, 0.4) is 0 Å². The molecule has 27 heavy (non-hydrogen) atoms. The maximum absolute atomic E-state index is 13.5. The van der Waals surface area contributed by atoms with Crippen LogP contribution in [0, 0.1) is 5.82 Å². The van der Waals surface area contributed by atoms with Crippen LogP contribution in [0.25, 0.3) is 11.1 Å². The standard InChI is InChI=1S/C21H19FN4O/c22-19-3-1-2-16(11-19)17-10-18(13-24-12-17)21(27)26-9-8-25-20(14-26)15-4-6-23-7-5-15/h1-7,10-13,20,25H,8-9,14H2. The van der Waals surface area contributed by atoms with E-state index in [0.29, 0.717) is 24.2 Å². The molecule has 1 fully saturated rings. The molecule has 1 aliphatic heterocycles. The maximum atomic E-state index is 13.5. The minimum Gasteiger partial charge on any atom is -0.335 e. The molecule has 4 rings (SSSR count). The number of pyridine rings is 2. The van der Waals surface area contributed by atoms with Crippen molar-refractivity contribution in [3.63, 3.8) is 0 Å². The number of nitrogens with one attached hydrogen (secondary N) is 1. The Morgan fingerprint density at radius 1 is 1.07 bits per heavy atom. The lowest BCUT2D eigenvalue weighted by molar-refractivity contribution is 0.0702. The van der Waals surface area contributed by atoms with Crippen LogP contribution in [0.2, 0.25) is 0 Å². The Hall–Kier alpha value is -3.12. The lowest BCUT2D eigenvalue weighted by Crippen LogP contribution is -2.48. The molecule has 2 aromatic heterocycles. The second-order valence-corrected chi connectivity index (χ2v) is 6.51. The molecule has 0 spiro atoms. The fourth-order valence-electron chi connectivity index (χ4n) is 3.32. The smallest absolute Gasteiger partial charge is 0.255 e. The first-order valence-corrected chi connectivity index (χ1v) is 8.84. The number of halogens is 1. The number of piperazine rings is 1. The Kier molecular flexibility index (Phi) is 4.89. The van der Waals surface area contributed by atoms with Gasteiger partial charge in [0, 0.05) is 50.0 Å². The van der Waals surface area contributed by atoms with E-state index in [4.69, 9.17) is 0 Å². The van der Waals surface area contributed by atoms with Crippen LogP contribution >= 0.6 is 0 Å². The van der Waals surface area contributed by atoms with Crippen LogP contribution in [-0.4, -0.2) is 40.4 Å². The zero-order valence-electron chi connectivity index (χ0n) is 14.7. The van der Waals surface area contributed by atoms with Crippen LogP contribution in [-0.2, 0) is 0 Å². The molecule has 1 atom stereocenters. The van der Waals surface area contributed by atoms with Gasteiger partial charge in [-0.2, -0.15) is 0 Å². The van der Waals surface area contributed by atoms with Gasteiger partial charge < -0.3 is 10.2 Å². The fraction of sp³-hybridized carbons (Fsp3) is 0.190. The summed E-state index contributed by atoms with van der Waals surface area (Å²) in [6.45, 7) is 1.92. The van der Waals surface area contributed by atoms with Gasteiger partial charge in [-0.15, -0.1) is 0 Å². The Morgan fingerprint density at radius 2 is 1.93 bits per heavy atom. The number of aromatic nitrogens is 2. The number of rotatable bonds is 3. The molecule has 0 saturated carbocycles. The Balaban J connectivity index is 1.55. The second-order valence-electron chi connectivity index (χ2n) is 6.51. The Morgan fingerprint density at radius 3 is 2.74 bits per heavy atom. The van der Waals surface area contributed by atoms with Gasteiger partial charge in [0.25, 0.3) is 5.91 Å². The van der Waals surface area contributed by atoms with Crippen molar-refractivity contribution in [1.82, 2.24) is 20.2 Å². The van der Waals surface area contributed by atoms with Gasteiger partial charge in [-0.3, -0.25) is 14.8 Å². The summed E-state index contributed by atoms with van der Waals surface area (Å²) in [5, 5.41) is 3.44. The summed E-state index contributed by atoms with van der Waals surface area (Å²) < 4.78 is 13.5. The van der Waals surface area contributed by atoms with Crippen LogP contribution < -0.4 is 5.32 Å². The van der Waals surface area contributed by atoms with Gasteiger partial charge in [-0.05, 0) is 41.5 Å². The lowest BCUT2D eigenvalue weighted by atomic mass is 10.0. The van der Waals surface area contributed by atoms with Crippen molar-refractivity contribution in [3.05, 3.63) is 84.2 Å². The van der Waals surface area contributed by atoms with Crippen molar-refractivity contribution in [1.29, 1.82) is 0 Å². The summed E-state index contributed by atoms with van der Waals surface area (Å²) in [5.74, 6) is -0.382. The number of benzene rings is 1. The summed E-state index contributed by atoms with van der Waals surface area (Å²) in [6.07, 6.45) is 6.71. The van der Waals surface area contributed by atoms with Crippen LogP contribution in [0.5, 0.6) is 0 Å². The van der Waals surface area contributed by atoms with E-state index in [1.54, 1.807) is 43.0 Å². The van der Waals surface area contributed by atoms with Crippen molar-refractivity contribution in [2.45, 2.75) is 6.04 Å². The molecule has 0 radical (unpaired) electrons. The van der Waals surface area contributed by atoms with Gasteiger partial charge in [-0.25, -0.2) is 4.39 Å². The zero-order chi connectivity index (χ0) is 18.6. The van der Waals surface area contributed by atoms with E-state index >= 15 is 0 Å². The highest BCUT2D eigenvalue weighted by atomic mass is 19.1. The third kappa shape index (κ3) is 3.85. The summed E-state index contributed by atoms with van der Waals surface area (Å²) >= 11 is 0. The van der Waals surface area contributed by atoms with E-state index in [-0.39, 0.29) is 17.8 Å². The van der Waals surface area contributed by atoms with E-state index in [1.807, 2.05) is 17.0 Å². The van der Waals surface area contributed by atoms with Crippen LogP contribution in [0.1, 0.15) is 22.0 Å². The Labute approximate surface area is 156 Å². The van der Waals surface area contributed by atoms with Gasteiger partial charge in [0.2, 0.25) is 0 Å². The minimum absolute atomic E-state index is 0.0682. The highest BCUT2D eigenvalue weighted by Crippen LogP contribution is 2.22. The first-order chi connectivity index (χ1) is 13.2. The van der Waals surface area contributed by atoms with Gasteiger partial charge in [0.1, 0.15) is 5.82 Å². The average molecular weight is 362 g/mol. The van der Waals surface area contributed by atoms with Gasteiger partial charge in [-0.1, -0.05) is 12.1 Å². The molecule has 136 valence electrons. The van der Waals surface area contributed by atoms with Crippen molar-refractivity contribution in [2.75, 3.05) is 19.6 Å².